The lowest BCUT2D eigenvalue weighted by Crippen LogP contribution is -2.39. The number of aromatic nitrogens is 2. The molecule has 0 unspecified atom stereocenters. The van der Waals surface area contributed by atoms with Crippen LogP contribution in [0.1, 0.15) is 19.8 Å². The Hall–Kier alpha value is -0.840. The molecule has 1 aliphatic rings. The first kappa shape index (κ1) is 11.6. The Balaban J connectivity index is 2.24. The average Bonchev–Trinajstić information content (AvgIpc) is 2.31. The van der Waals surface area contributed by atoms with Crippen LogP contribution in [0.2, 0.25) is 0 Å². The van der Waals surface area contributed by atoms with E-state index in [0.29, 0.717) is 17.2 Å². The van der Waals surface area contributed by atoms with Crippen LogP contribution in [-0.4, -0.2) is 27.5 Å². The lowest BCUT2D eigenvalue weighted by atomic mass is 10.1. The van der Waals surface area contributed by atoms with Gasteiger partial charge in [-0.2, -0.15) is 0 Å². The number of hydrogen-bond acceptors (Lipinski definition) is 3. The summed E-state index contributed by atoms with van der Waals surface area (Å²) in [5.41, 5.74) is 0.0259. The van der Waals surface area contributed by atoms with Gasteiger partial charge in [-0.05, 0) is 19.8 Å². The molecule has 0 spiro atoms. The molecule has 0 amide bonds. The second-order valence-electron chi connectivity index (χ2n) is 4.00. The number of nitrogens with zero attached hydrogens (tertiary/aromatic N) is 3. The molecule has 0 N–H and O–H groups in total. The van der Waals surface area contributed by atoms with Crippen LogP contribution in [0.3, 0.4) is 0 Å². The number of aryl methyl sites for hydroxylation is 1. The summed E-state index contributed by atoms with van der Waals surface area (Å²) >= 11 is 3.60. The summed E-state index contributed by atoms with van der Waals surface area (Å²) in [5, 5.41) is 0. The standard InChI is InChI=1S/C11H16BrN3O/c1-2-14-8-5-13-10(11(14)16)15-6-3-9(12)4-7-15/h5,8-9H,2-4,6-7H2,1H3. The fourth-order valence-corrected chi connectivity index (χ4v) is 2.37. The fraction of sp³-hybridized carbons (Fsp3) is 0.636. The molecular weight excluding hydrogens is 270 g/mol. The number of hydrogen-bond donors (Lipinski definition) is 0. The van der Waals surface area contributed by atoms with Crippen molar-refractivity contribution in [2.45, 2.75) is 31.1 Å². The van der Waals surface area contributed by atoms with Crippen molar-refractivity contribution < 1.29 is 0 Å². The van der Waals surface area contributed by atoms with Gasteiger partial charge in [0.25, 0.3) is 5.56 Å². The van der Waals surface area contributed by atoms with Crippen molar-refractivity contribution in [1.29, 1.82) is 0 Å². The highest BCUT2D eigenvalue weighted by Gasteiger charge is 2.20. The van der Waals surface area contributed by atoms with Crippen molar-refractivity contribution in [3.63, 3.8) is 0 Å². The first-order valence-corrected chi connectivity index (χ1v) is 6.58. The smallest absolute Gasteiger partial charge is 0.293 e. The Morgan fingerprint density at radius 1 is 1.50 bits per heavy atom. The second kappa shape index (κ2) is 4.99. The Morgan fingerprint density at radius 2 is 2.19 bits per heavy atom. The van der Waals surface area contributed by atoms with Crippen LogP contribution in [0, 0.1) is 0 Å². The number of alkyl halides is 1. The molecule has 1 aromatic rings. The number of anilines is 1. The summed E-state index contributed by atoms with van der Waals surface area (Å²) in [5.74, 6) is 0.601. The van der Waals surface area contributed by atoms with E-state index >= 15 is 0 Å². The van der Waals surface area contributed by atoms with Crippen LogP contribution in [0.25, 0.3) is 0 Å². The lowest BCUT2D eigenvalue weighted by molar-refractivity contribution is 0.584. The molecule has 16 heavy (non-hydrogen) atoms. The highest BCUT2D eigenvalue weighted by atomic mass is 79.9. The summed E-state index contributed by atoms with van der Waals surface area (Å²) in [4.78, 5) is 18.9. The Bertz CT molecular complexity index is 410. The van der Waals surface area contributed by atoms with Crippen molar-refractivity contribution in [2.75, 3.05) is 18.0 Å². The average molecular weight is 286 g/mol. The maximum Gasteiger partial charge on any atom is 0.293 e. The molecule has 0 saturated carbocycles. The van der Waals surface area contributed by atoms with Gasteiger partial charge in [0, 0.05) is 36.9 Å². The minimum Gasteiger partial charge on any atom is -0.352 e. The van der Waals surface area contributed by atoms with Gasteiger partial charge in [0.15, 0.2) is 5.82 Å². The van der Waals surface area contributed by atoms with Gasteiger partial charge in [0.2, 0.25) is 0 Å². The molecule has 2 heterocycles. The molecule has 1 saturated heterocycles. The predicted molar refractivity (Wildman–Crippen MR) is 68.3 cm³/mol. The minimum atomic E-state index is 0.0259. The van der Waals surface area contributed by atoms with Crippen LogP contribution in [0.4, 0.5) is 5.82 Å². The van der Waals surface area contributed by atoms with E-state index < -0.39 is 0 Å². The molecule has 4 nitrogen and oxygen atoms in total. The number of halogens is 1. The van der Waals surface area contributed by atoms with Gasteiger partial charge in [-0.25, -0.2) is 4.98 Å². The molecule has 88 valence electrons. The third kappa shape index (κ3) is 2.29. The Kier molecular flexibility index (Phi) is 3.63. The molecule has 2 rings (SSSR count). The molecular formula is C11H16BrN3O. The van der Waals surface area contributed by atoms with E-state index in [0.717, 1.165) is 25.9 Å². The molecule has 0 radical (unpaired) electrons. The van der Waals surface area contributed by atoms with Gasteiger partial charge >= 0.3 is 0 Å². The Morgan fingerprint density at radius 3 is 2.81 bits per heavy atom. The zero-order valence-corrected chi connectivity index (χ0v) is 11.0. The number of piperidine rings is 1. The summed E-state index contributed by atoms with van der Waals surface area (Å²) in [6, 6.07) is 0. The Labute approximate surface area is 103 Å². The van der Waals surface area contributed by atoms with Gasteiger partial charge in [-0.3, -0.25) is 4.79 Å². The largest absolute Gasteiger partial charge is 0.352 e. The summed E-state index contributed by atoms with van der Waals surface area (Å²) in [7, 11) is 0. The zero-order chi connectivity index (χ0) is 11.5. The molecule has 0 bridgehead atoms. The van der Waals surface area contributed by atoms with E-state index in [4.69, 9.17) is 0 Å². The molecule has 1 fully saturated rings. The highest BCUT2D eigenvalue weighted by molar-refractivity contribution is 9.09. The molecule has 5 heteroatoms. The molecule has 0 atom stereocenters. The van der Waals surface area contributed by atoms with Crippen molar-refractivity contribution >= 4 is 21.7 Å². The van der Waals surface area contributed by atoms with Crippen LogP contribution < -0.4 is 10.5 Å². The summed E-state index contributed by atoms with van der Waals surface area (Å²) in [6.45, 7) is 4.48. The van der Waals surface area contributed by atoms with Crippen LogP contribution in [0.15, 0.2) is 17.2 Å². The van der Waals surface area contributed by atoms with Crippen molar-refractivity contribution in [2.24, 2.45) is 0 Å². The van der Waals surface area contributed by atoms with Gasteiger partial charge in [0.1, 0.15) is 0 Å². The second-order valence-corrected chi connectivity index (χ2v) is 5.30. The maximum absolute atomic E-state index is 12.0. The fourth-order valence-electron chi connectivity index (χ4n) is 1.96. The minimum absolute atomic E-state index is 0.0259. The van der Waals surface area contributed by atoms with Gasteiger partial charge in [-0.1, -0.05) is 15.9 Å². The first-order chi connectivity index (χ1) is 7.72. The van der Waals surface area contributed by atoms with Gasteiger partial charge in [0.05, 0.1) is 0 Å². The third-order valence-electron chi connectivity index (χ3n) is 2.96. The quantitative estimate of drug-likeness (QED) is 0.776. The highest BCUT2D eigenvalue weighted by Crippen LogP contribution is 2.19. The van der Waals surface area contributed by atoms with E-state index in [1.807, 2.05) is 6.92 Å². The zero-order valence-electron chi connectivity index (χ0n) is 9.40. The van der Waals surface area contributed by atoms with Gasteiger partial charge in [-0.15, -0.1) is 0 Å². The molecule has 0 aliphatic carbocycles. The molecule has 0 aromatic carbocycles. The topological polar surface area (TPSA) is 38.1 Å². The first-order valence-electron chi connectivity index (χ1n) is 5.67. The monoisotopic (exact) mass is 285 g/mol. The lowest BCUT2D eigenvalue weighted by Gasteiger charge is -2.29. The SMILES string of the molecule is CCn1ccnc(N2CCC(Br)CC2)c1=O. The van der Waals surface area contributed by atoms with E-state index in [2.05, 4.69) is 25.8 Å². The van der Waals surface area contributed by atoms with Crippen LogP contribution in [-0.2, 0) is 6.54 Å². The third-order valence-corrected chi connectivity index (χ3v) is 3.88. The van der Waals surface area contributed by atoms with Crippen molar-refractivity contribution in [3.05, 3.63) is 22.7 Å². The van der Waals surface area contributed by atoms with E-state index in [1.54, 1.807) is 17.0 Å². The normalized spacial score (nSPS) is 17.8. The summed E-state index contributed by atoms with van der Waals surface area (Å²) in [6.07, 6.45) is 5.59. The van der Waals surface area contributed by atoms with Crippen LogP contribution in [0.5, 0.6) is 0 Å². The van der Waals surface area contributed by atoms with E-state index in [1.165, 1.54) is 0 Å². The van der Waals surface area contributed by atoms with E-state index in [-0.39, 0.29) is 5.56 Å². The van der Waals surface area contributed by atoms with Crippen LogP contribution >= 0.6 is 15.9 Å². The summed E-state index contributed by atoms with van der Waals surface area (Å²) < 4.78 is 1.70. The van der Waals surface area contributed by atoms with Crippen molar-refractivity contribution in [1.82, 2.24) is 9.55 Å². The van der Waals surface area contributed by atoms with E-state index in [9.17, 15) is 4.79 Å². The van der Waals surface area contributed by atoms with Crippen molar-refractivity contribution in [3.8, 4) is 0 Å². The van der Waals surface area contributed by atoms with Gasteiger partial charge < -0.3 is 9.47 Å². The molecule has 1 aliphatic heterocycles. The maximum atomic E-state index is 12.0. The predicted octanol–water partition coefficient (Wildman–Crippen LogP) is 1.63. The number of rotatable bonds is 2. The molecule has 1 aromatic heterocycles.